The third-order valence-electron chi connectivity index (χ3n) is 14.2. The summed E-state index contributed by atoms with van der Waals surface area (Å²) in [5.41, 5.74) is 16.1. The van der Waals surface area contributed by atoms with E-state index in [9.17, 15) is 0 Å². The van der Waals surface area contributed by atoms with Crippen LogP contribution >= 0.6 is 0 Å². The summed E-state index contributed by atoms with van der Waals surface area (Å²) in [5, 5.41) is 2.56. The molecule has 0 radical (unpaired) electrons. The molecule has 2 nitrogen and oxygen atoms in total. The van der Waals surface area contributed by atoms with Crippen molar-refractivity contribution in [2.45, 2.75) is 37.5 Å². The molecule has 5 aliphatic carbocycles. The average Bonchev–Trinajstić information content (AvgIpc) is 3.41. The lowest BCUT2D eigenvalue weighted by Gasteiger charge is -2.40. The molecule has 0 spiro atoms. The normalized spacial score (nSPS) is 20.0. The molecule has 2 unspecified atom stereocenters. The quantitative estimate of drug-likeness (QED) is 0.139. The van der Waals surface area contributed by atoms with Gasteiger partial charge in [-0.3, -0.25) is 0 Å². The second-order valence-electron chi connectivity index (χ2n) is 17.7. The molecule has 292 valence electrons. The third kappa shape index (κ3) is 6.27. The maximum atomic E-state index is 3.70. The lowest BCUT2D eigenvalue weighted by molar-refractivity contribution is 0.213. The van der Waals surface area contributed by atoms with Crippen LogP contribution in [0.3, 0.4) is 0 Å². The minimum Gasteiger partial charge on any atom is -0.310 e. The Kier molecular flexibility index (Phi) is 8.56. The fourth-order valence-electron chi connectivity index (χ4n) is 11.2. The Balaban J connectivity index is 0.867. The van der Waals surface area contributed by atoms with Gasteiger partial charge in [0, 0.05) is 45.4 Å². The van der Waals surface area contributed by atoms with Gasteiger partial charge in [-0.2, -0.15) is 0 Å². The van der Waals surface area contributed by atoms with Crippen LogP contribution < -0.4 is 4.90 Å². The largest absolute Gasteiger partial charge is 0.310 e. The van der Waals surface area contributed by atoms with Gasteiger partial charge in [0.2, 0.25) is 0 Å². The van der Waals surface area contributed by atoms with E-state index in [2.05, 4.69) is 221 Å². The van der Waals surface area contributed by atoms with E-state index in [-0.39, 0.29) is 5.41 Å². The van der Waals surface area contributed by atoms with Gasteiger partial charge in [0.05, 0.1) is 11.0 Å². The highest BCUT2D eigenvalue weighted by molar-refractivity contribution is 6.09. The van der Waals surface area contributed by atoms with Crippen molar-refractivity contribution in [2.75, 3.05) is 4.90 Å². The van der Waals surface area contributed by atoms with Crippen LogP contribution in [-0.4, -0.2) is 4.57 Å². The maximum absolute atomic E-state index is 3.70. The highest BCUT2D eigenvalue weighted by Gasteiger charge is 2.48. The first-order valence-corrected chi connectivity index (χ1v) is 22.0. The van der Waals surface area contributed by atoms with Crippen molar-refractivity contribution in [3.05, 3.63) is 206 Å². The van der Waals surface area contributed by atoms with Crippen LogP contribution in [0.4, 0.5) is 17.1 Å². The van der Waals surface area contributed by atoms with Crippen LogP contribution in [0.5, 0.6) is 0 Å². The maximum Gasteiger partial charge on any atom is 0.0541 e. The van der Waals surface area contributed by atoms with E-state index in [0.717, 1.165) is 17.3 Å². The van der Waals surface area contributed by atoms with E-state index in [1.807, 2.05) is 0 Å². The second-order valence-corrected chi connectivity index (χ2v) is 17.7. The number of nitrogens with zero attached hydrogens (tertiary/aromatic N) is 2. The van der Waals surface area contributed by atoms with Crippen molar-refractivity contribution in [2.24, 2.45) is 17.8 Å². The van der Waals surface area contributed by atoms with Gasteiger partial charge >= 0.3 is 0 Å². The number of aromatic nitrogens is 1. The zero-order valence-electron chi connectivity index (χ0n) is 34.2. The summed E-state index contributed by atoms with van der Waals surface area (Å²) in [5.74, 6) is 9.25. The number of hydrogen-bond acceptors (Lipinski definition) is 1. The van der Waals surface area contributed by atoms with E-state index < -0.39 is 0 Å². The second kappa shape index (κ2) is 14.6. The van der Waals surface area contributed by atoms with E-state index in [4.69, 9.17) is 0 Å². The molecule has 0 amide bonds. The SMILES string of the molecule is C1#C[C@@H]2CC3(c4cccc(N(c5ccc(-c6ccccc6)cc5)c5ccc(-c6ccc(-c7cccc(-n8c9ccccc9c9ccccc98)c7)cc6)cc5)c4)CCC2C[C@H]1C3. The van der Waals surface area contributed by atoms with E-state index >= 15 is 0 Å². The fraction of sp³-hybridized carbons (Fsp3) is 0.153. The van der Waals surface area contributed by atoms with Crippen LogP contribution in [0.2, 0.25) is 0 Å². The summed E-state index contributed by atoms with van der Waals surface area (Å²) in [4.78, 5) is 2.44. The van der Waals surface area contributed by atoms with Crippen molar-refractivity contribution in [1.29, 1.82) is 0 Å². The molecule has 4 atom stereocenters. The Labute approximate surface area is 358 Å². The number of rotatable bonds is 8. The van der Waals surface area contributed by atoms with Gasteiger partial charge in [-0.1, -0.05) is 151 Å². The van der Waals surface area contributed by atoms with Gasteiger partial charge in [-0.15, -0.1) is 0 Å². The molecule has 3 fully saturated rings. The lowest BCUT2D eigenvalue weighted by Crippen LogP contribution is -2.33. The van der Waals surface area contributed by atoms with Gasteiger partial charge in [0.1, 0.15) is 0 Å². The molecule has 0 aliphatic heterocycles. The predicted octanol–water partition coefficient (Wildman–Crippen LogP) is 15.3. The third-order valence-corrected chi connectivity index (χ3v) is 14.2. The minimum atomic E-state index is 0.194. The number of hydrogen-bond donors (Lipinski definition) is 0. The fourth-order valence-corrected chi connectivity index (χ4v) is 11.2. The number of benzene rings is 8. The Hall–Kier alpha value is -7.08. The average molecular weight is 783 g/mol. The molecular weight excluding hydrogens is 737 g/mol. The van der Waals surface area contributed by atoms with Crippen LogP contribution in [0, 0.1) is 29.6 Å². The van der Waals surface area contributed by atoms with Crippen LogP contribution in [0.1, 0.15) is 37.7 Å². The van der Waals surface area contributed by atoms with Crippen LogP contribution in [-0.2, 0) is 5.41 Å². The monoisotopic (exact) mass is 782 g/mol. The molecule has 5 aliphatic rings. The first-order chi connectivity index (χ1) is 30.2. The molecular formula is C59H46N2. The molecule has 0 N–H and O–H groups in total. The standard InChI is InChI=1S/C59H46N2/c1-2-10-42(11-3-1)44-26-30-51(31-27-44)60(54-15-9-13-50(38-54)59-35-34-48-36-41(39-59)20-21-49(48)40-59)52-32-28-45(29-33-52)43-22-24-46(25-23-43)47-12-8-14-53(37-47)61-57-18-6-4-16-55(57)56-17-5-7-19-58(56)61/h1-19,22-33,37-38,41,48-49H,34-36,39-40H2/t41-,48?,49+,59?/m0/s1. The Bertz CT molecular complexity index is 3070. The number of fused-ring (bicyclic) bond motifs is 4. The first kappa shape index (κ1) is 35.8. The van der Waals surface area contributed by atoms with Gasteiger partial charge in [-0.25, -0.2) is 0 Å². The Morgan fingerprint density at radius 3 is 1.69 bits per heavy atom. The predicted molar refractivity (Wildman–Crippen MR) is 255 cm³/mol. The summed E-state index contributed by atoms with van der Waals surface area (Å²) >= 11 is 0. The Morgan fingerprint density at radius 2 is 1.02 bits per heavy atom. The zero-order chi connectivity index (χ0) is 40.3. The smallest absolute Gasteiger partial charge is 0.0541 e. The molecule has 4 bridgehead atoms. The zero-order valence-corrected chi connectivity index (χ0v) is 34.2. The number of para-hydroxylation sites is 2. The van der Waals surface area contributed by atoms with Gasteiger partial charge in [0.15, 0.2) is 0 Å². The summed E-state index contributed by atoms with van der Waals surface area (Å²) in [6.07, 6.45) is 6.27. The number of anilines is 3. The molecule has 0 saturated heterocycles. The molecule has 8 aromatic carbocycles. The molecule has 1 aromatic heterocycles. The Morgan fingerprint density at radius 1 is 0.459 bits per heavy atom. The van der Waals surface area contributed by atoms with Crippen molar-refractivity contribution < 1.29 is 0 Å². The van der Waals surface area contributed by atoms with Crippen LogP contribution in [0.25, 0.3) is 60.9 Å². The molecule has 61 heavy (non-hydrogen) atoms. The first-order valence-electron chi connectivity index (χ1n) is 22.0. The van der Waals surface area contributed by atoms with Crippen molar-refractivity contribution >= 4 is 38.9 Å². The molecule has 14 rings (SSSR count). The summed E-state index contributed by atoms with van der Waals surface area (Å²) in [7, 11) is 0. The molecule has 2 heteroatoms. The topological polar surface area (TPSA) is 8.17 Å². The van der Waals surface area contributed by atoms with Gasteiger partial charge < -0.3 is 9.47 Å². The highest BCUT2D eigenvalue weighted by Crippen LogP contribution is 2.56. The van der Waals surface area contributed by atoms with E-state index in [1.165, 1.54) is 104 Å². The van der Waals surface area contributed by atoms with Crippen molar-refractivity contribution in [1.82, 2.24) is 4.57 Å². The van der Waals surface area contributed by atoms with Crippen molar-refractivity contribution in [3.8, 4) is 50.9 Å². The summed E-state index contributed by atoms with van der Waals surface area (Å²) in [6, 6.07) is 73.8. The van der Waals surface area contributed by atoms with E-state index in [1.54, 1.807) is 0 Å². The van der Waals surface area contributed by atoms with Gasteiger partial charge in [-0.05, 0) is 143 Å². The minimum absolute atomic E-state index is 0.194. The molecule has 9 aromatic rings. The molecule has 3 saturated carbocycles. The van der Waals surface area contributed by atoms with Gasteiger partial charge in [0.25, 0.3) is 0 Å². The van der Waals surface area contributed by atoms with E-state index in [0.29, 0.717) is 11.8 Å². The lowest BCUT2D eigenvalue weighted by atomic mass is 9.64. The summed E-state index contributed by atoms with van der Waals surface area (Å²) in [6.45, 7) is 0. The molecule has 1 heterocycles. The highest BCUT2D eigenvalue weighted by atomic mass is 15.1. The summed E-state index contributed by atoms with van der Waals surface area (Å²) < 4.78 is 2.39. The van der Waals surface area contributed by atoms with Crippen LogP contribution in [0.15, 0.2) is 200 Å². The van der Waals surface area contributed by atoms with Crippen molar-refractivity contribution in [3.63, 3.8) is 0 Å².